The third-order valence-electron chi connectivity index (χ3n) is 2.56. The van der Waals surface area contributed by atoms with Gasteiger partial charge in [-0.15, -0.1) is 12.4 Å². The van der Waals surface area contributed by atoms with Crippen molar-refractivity contribution in [2.75, 3.05) is 0 Å². The highest BCUT2D eigenvalue weighted by atomic mass is 127. The Morgan fingerprint density at radius 1 is 1.43 bits per heavy atom. The van der Waals surface area contributed by atoms with Crippen LogP contribution in [0.25, 0.3) is 0 Å². The molecule has 0 radical (unpaired) electrons. The van der Waals surface area contributed by atoms with E-state index < -0.39 is 0 Å². The van der Waals surface area contributed by atoms with Crippen LogP contribution in [-0.2, 0) is 0 Å². The average Bonchev–Trinajstić information content (AvgIpc) is 2.88. The molecule has 1 aliphatic rings. The molecule has 78 valence electrons. The Morgan fingerprint density at radius 3 is 2.71 bits per heavy atom. The Morgan fingerprint density at radius 2 is 2.14 bits per heavy atom. The predicted molar refractivity (Wildman–Crippen MR) is 70.7 cm³/mol. The fourth-order valence-corrected chi connectivity index (χ4v) is 2.15. The monoisotopic (exact) mass is 323 g/mol. The summed E-state index contributed by atoms with van der Waals surface area (Å²) in [6.45, 7) is 0. The highest BCUT2D eigenvalue weighted by Gasteiger charge is 2.24. The zero-order valence-corrected chi connectivity index (χ0v) is 10.9. The molecule has 1 nitrogen and oxygen atoms in total. The molecule has 0 heterocycles. The number of benzene rings is 1. The molecular weight excluding hydrogens is 308 g/mol. The van der Waals surface area contributed by atoms with Gasteiger partial charge in [-0.1, -0.05) is 25.0 Å². The van der Waals surface area contributed by atoms with Gasteiger partial charge in [-0.05, 0) is 52.6 Å². The van der Waals surface area contributed by atoms with Gasteiger partial charge in [0, 0.05) is 9.61 Å². The molecule has 0 saturated heterocycles. The highest BCUT2D eigenvalue weighted by molar-refractivity contribution is 14.1. The minimum absolute atomic E-state index is 0. The fourth-order valence-electron chi connectivity index (χ4n) is 1.59. The van der Waals surface area contributed by atoms with E-state index in [1.165, 1.54) is 28.4 Å². The Hall–Kier alpha value is 0.200. The normalized spacial score (nSPS) is 17.3. The van der Waals surface area contributed by atoms with Gasteiger partial charge in [0.15, 0.2) is 0 Å². The van der Waals surface area contributed by atoms with E-state index in [-0.39, 0.29) is 18.4 Å². The maximum atomic E-state index is 6.10. The first-order valence-corrected chi connectivity index (χ1v) is 5.84. The summed E-state index contributed by atoms with van der Waals surface area (Å²) in [5, 5.41) is 0. The van der Waals surface area contributed by atoms with E-state index in [0.29, 0.717) is 0 Å². The van der Waals surface area contributed by atoms with Crippen molar-refractivity contribution in [1.29, 1.82) is 0 Å². The van der Waals surface area contributed by atoms with E-state index in [2.05, 4.69) is 46.9 Å². The summed E-state index contributed by atoms with van der Waals surface area (Å²) in [6.07, 6.45) is 3.94. The summed E-state index contributed by atoms with van der Waals surface area (Å²) in [5.74, 6) is 0.910. The Labute approximate surface area is 105 Å². The van der Waals surface area contributed by atoms with Gasteiger partial charge >= 0.3 is 0 Å². The van der Waals surface area contributed by atoms with Crippen molar-refractivity contribution >= 4 is 35.0 Å². The first kappa shape index (κ1) is 12.3. The SMILES string of the molecule is Cl.N[C@H](CC1CC1)c1cccc(I)c1. The van der Waals surface area contributed by atoms with Crippen LogP contribution in [0, 0.1) is 9.49 Å². The Bertz CT molecular complexity index is 299. The molecule has 0 aliphatic heterocycles. The van der Waals surface area contributed by atoms with Gasteiger partial charge in [0.2, 0.25) is 0 Å². The molecule has 1 aromatic carbocycles. The lowest BCUT2D eigenvalue weighted by atomic mass is 10.0. The molecule has 0 amide bonds. The molecule has 0 bridgehead atoms. The van der Waals surface area contributed by atoms with Crippen molar-refractivity contribution in [2.24, 2.45) is 11.7 Å². The highest BCUT2D eigenvalue weighted by Crippen LogP contribution is 2.36. The number of hydrogen-bond acceptors (Lipinski definition) is 1. The van der Waals surface area contributed by atoms with Gasteiger partial charge in [0.25, 0.3) is 0 Å². The van der Waals surface area contributed by atoms with Crippen LogP contribution in [0.15, 0.2) is 24.3 Å². The first-order chi connectivity index (χ1) is 6.25. The molecule has 0 aromatic heterocycles. The molecule has 2 rings (SSSR count). The van der Waals surface area contributed by atoms with Gasteiger partial charge in [0.05, 0.1) is 0 Å². The molecule has 2 N–H and O–H groups in total. The fraction of sp³-hybridized carbons (Fsp3) is 0.455. The second kappa shape index (κ2) is 5.33. The maximum Gasteiger partial charge on any atom is 0.0297 e. The average molecular weight is 324 g/mol. The van der Waals surface area contributed by atoms with Crippen LogP contribution in [0.5, 0.6) is 0 Å². The third-order valence-corrected chi connectivity index (χ3v) is 3.23. The maximum absolute atomic E-state index is 6.10. The van der Waals surface area contributed by atoms with E-state index in [1.54, 1.807) is 0 Å². The van der Waals surface area contributed by atoms with Crippen LogP contribution >= 0.6 is 35.0 Å². The van der Waals surface area contributed by atoms with Crippen LogP contribution in [0.1, 0.15) is 30.9 Å². The van der Waals surface area contributed by atoms with Crippen LogP contribution < -0.4 is 5.73 Å². The minimum atomic E-state index is 0. The third kappa shape index (κ3) is 3.41. The van der Waals surface area contributed by atoms with Crippen LogP contribution in [0.3, 0.4) is 0 Å². The molecular formula is C11H15ClIN. The lowest BCUT2D eigenvalue weighted by Gasteiger charge is -2.11. The van der Waals surface area contributed by atoms with E-state index >= 15 is 0 Å². The van der Waals surface area contributed by atoms with Crippen molar-refractivity contribution in [2.45, 2.75) is 25.3 Å². The second-order valence-corrected chi connectivity index (χ2v) is 5.09. The van der Waals surface area contributed by atoms with Gasteiger partial charge in [-0.3, -0.25) is 0 Å². The largest absolute Gasteiger partial charge is 0.324 e. The molecule has 1 aromatic rings. The minimum Gasteiger partial charge on any atom is -0.324 e. The molecule has 1 atom stereocenters. The van der Waals surface area contributed by atoms with E-state index in [0.717, 1.165) is 5.92 Å². The second-order valence-electron chi connectivity index (χ2n) is 3.84. The molecule has 3 heteroatoms. The molecule has 1 fully saturated rings. The van der Waals surface area contributed by atoms with Gasteiger partial charge in [-0.2, -0.15) is 0 Å². The number of halogens is 2. The Kier molecular flexibility index (Phi) is 4.67. The van der Waals surface area contributed by atoms with Crippen molar-refractivity contribution in [3.8, 4) is 0 Å². The zero-order valence-electron chi connectivity index (χ0n) is 7.95. The van der Waals surface area contributed by atoms with Gasteiger partial charge < -0.3 is 5.73 Å². The lowest BCUT2D eigenvalue weighted by Crippen LogP contribution is -2.10. The quantitative estimate of drug-likeness (QED) is 0.846. The van der Waals surface area contributed by atoms with Crippen molar-refractivity contribution in [3.63, 3.8) is 0 Å². The van der Waals surface area contributed by atoms with Gasteiger partial charge in [0.1, 0.15) is 0 Å². The molecule has 1 saturated carbocycles. The van der Waals surface area contributed by atoms with E-state index in [9.17, 15) is 0 Å². The summed E-state index contributed by atoms with van der Waals surface area (Å²) in [5.41, 5.74) is 7.39. The van der Waals surface area contributed by atoms with Crippen molar-refractivity contribution in [1.82, 2.24) is 0 Å². The standard InChI is InChI=1S/C11H14IN.ClH/c12-10-3-1-2-9(7-10)11(13)6-8-4-5-8;/h1-3,7-8,11H,4-6,13H2;1H/t11-;/m1./s1. The molecule has 0 spiro atoms. The van der Waals surface area contributed by atoms with Crippen molar-refractivity contribution < 1.29 is 0 Å². The summed E-state index contributed by atoms with van der Waals surface area (Å²) < 4.78 is 1.28. The van der Waals surface area contributed by atoms with Crippen LogP contribution in [0.2, 0.25) is 0 Å². The first-order valence-electron chi connectivity index (χ1n) is 4.77. The summed E-state index contributed by atoms with van der Waals surface area (Å²) in [6, 6.07) is 8.77. The van der Waals surface area contributed by atoms with E-state index in [1.807, 2.05) is 0 Å². The van der Waals surface area contributed by atoms with Gasteiger partial charge in [-0.25, -0.2) is 0 Å². The Balaban J connectivity index is 0.000000980. The number of hydrogen-bond donors (Lipinski definition) is 1. The predicted octanol–water partition coefficient (Wildman–Crippen LogP) is 3.51. The topological polar surface area (TPSA) is 26.0 Å². The summed E-state index contributed by atoms with van der Waals surface area (Å²) in [4.78, 5) is 0. The van der Waals surface area contributed by atoms with Crippen molar-refractivity contribution in [3.05, 3.63) is 33.4 Å². The summed E-state index contributed by atoms with van der Waals surface area (Å²) >= 11 is 2.33. The smallest absolute Gasteiger partial charge is 0.0297 e. The molecule has 1 aliphatic carbocycles. The lowest BCUT2D eigenvalue weighted by molar-refractivity contribution is 0.597. The van der Waals surface area contributed by atoms with Crippen LogP contribution in [0.4, 0.5) is 0 Å². The van der Waals surface area contributed by atoms with E-state index in [4.69, 9.17) is 5.73 Å². The summed E-state index contributed by atoms with van der Waals surface area (Å²) in [7, 11) is 0. The zero-order chi connectivity index (χ0) is 9.26. The molecule has 0 unspecified atom stereocenters. The molecule has 14 heavy (non-hydrogen) atoms. The number of nitrogens with two attached hydrogens (primary N) is 1. The number of rotatable bonds is 3. The van der Waals surface area contributed by atoms with Crippen LogP contribution in [-0.4, -0.2) is 0 Å².